The van der Waals surface area contributed by atoms with Crippen LogP contribution < -0.4 is 14.8 Å². The standard InChI is InChI=1S/C18H18F4N2O4S/c1-3-28-13-5-7-14(8-6-13)29(26,27)24-11(2)17(25)23-12-4-9-16(19)15(10-12)18(20,21)22/h4-11,24H,3H2,1-2H3,(H,23,25). The highest BCUT2D eigenvalue weighted by molar-refractivity contribution is 7.89. The average molecular weight is 434 g/mol. The molecule has 11 heteroatoms. The largest absolute Gasteiger partial charge is 0.494 e. The number of hydrogen-bond acceptors (Lipinski definition) is 4. The second kappa shape index (κ2) is 8.78. The van der Waals surface area contributed by atoms with Crippen molar-refractivity contribution in [2.24, 2.45) is 0 Å². The molecule has 0 spiro atoms. The molecule has 0 radical (unpaired) electrons. The monoisotopic (exact) mass is 434 g/mol. The predicted molar refractivity (Wildman–Crippen MR) is 97.4 cm³/mol. The van der Waals surface area contributed by atoms with Crippen molar-refractivity contribution in [1.29, 1.82) is 0 Å². The number of sulfonamides is 1. The lowest BCUT2D eigenvalue weighted by Crippen LogP contribution is -2.41. The van der Waals surface area contributed by atoms with Crippen LogP contribution in [0.25, 0.3) is 0 Å². The topological polar surface area (TPSA) is 84.5 Å². The third-order valence-electron chi connectivity index (χ3n) is 3.71. The molecule has 0 aliphatic rings. The number of halogens is 4. The molecule has 6 nitrogen and oxygen atoms in total. The number of alkyl halides is 3. The lowest BCUT2D eigenvalue weighted by atomic mass is 10.1. The molecule has 2 N–H and O–H groups in total. The molecule has 1 unspecified atom stereocenters. The Kier molecular flexibility index (Phi) is 6.85. The van der Waals surface area contributed by atoms with Crippen molar-refractivity contribution in [1.82, 2.24) is 4.72 Å². The number of rotatable bonds is 7. The summed E-state index contributed by atoms with van der Waals surface area (Å²) in [5, 5.41) is 2.13. The molecule has 0 fully saturated rings. The summed E-state index contributed by atoms with van der Waals surface area (Å²) in [6.45, 7) is 3.39. The number of carbonyl (C=O) groups excluding carboxylic acids is 1. The van der Waals surface area contributed by atoms with Gasteiger partial charge in [0.05, 0.1) is 23.1 Å². The summed E-state index contributed by atoms with van der Waals surface area (Å²) in [5.41, 5.74) is -1.87. The van der Waals surface area contributed by atoms with Crippen LogP contribution in [0.3, 0.4) is 0 Å². The van der Waals surface area contributed by atoms with E-state index in [9.17, 15) is 30.8 Å². The van der Waals surface area contributed by atoms with Crippen LogP contribution in [-0.2, 0) is 21.0 Å². The van der Waals surface area contributed by atoms with Crippen LogP contribution in [-0.4, -0.2) is 27.0 Å². The molecular formula is C18H18F4N2O4S. The normalized spacial score (nSPS) is 13.0. The lowest BCUT2D eigenvalue weighted by Gasteiger charge is -2.16. The van der Waals surface area contributed by atoms with E-state index in [-0.39, 0.29) is 10.6 Å². The zero-order chi connectivity index (χ0) is 21.8. The molecule has 0 heterocycles. The van der Waals surface area contributed by atoms with E-state index in [1.54, 1.807) is 6.92 Å². The fourth-order valence-electron chi connectivity index (χ4n) is 2.31. The number of hydrogen-bond donors (Lipinski definition) is 2. The van der Waals surface area contributed by atoms with Gasteiger partial charge in [-0.2, -0.15) is 17.9 Å². The molecule has 2 rings (SSSR count). The van der Waals surface area contributed by atoms with Gasteiger partial charge in [0.2, 0.25) is 15.9 Å². The van der Waals surface area contributed by atoms with Crippen molar-refractivity contribution >= 4 is 21.6 Å². The van der Waals surface area contributed by atoms with Gasteiger partial charge in [0, 0.05) is 5.69 Å². The number of benzene rings is 2. The van der Waals surface area contributed by atoms with Crippen LogP contribution in [0.2, 0.25) is 0 Å². The van der Waals surface area contributed by atoms with Gasteiger partial charge in [-0.25, -0.2) is 12.8 Å². The van der Waals surface area contributed by atoms with E-state index in [0.29, 0.717) is 24.5 Å². The van der Waals surface area contributed by atoms with Crippen LogP contribution in [0.5, 0.6) is 5.75 Å². The first-order valence-electron chi connectivity index (χ1n) is 8.37. The SMILES string of the molecule is CCOc1ccc(S(=O)(=O)NC(C)C(=O)Nc2ccc(F)c(C(F)(F)F)c2)cc1. The van der Waals surface area contributed by atoms with Crippen molar-refractivity contribution in [3.8, 4) is 5.75 Å². The van der Waals surface area contributed by atoms with E-state index in [4.69, 9.17) is 4.74 Å². The first-order chi connectivity index (χ1) is 13.4. The summed E-state index contributed by atoms with van der Waals surface area (Å²) in [6, 6.07) is 6.08. The Morgan fingerprint density at radius 3 is 2.31 bits per heavy atom. The van der Waals surface area contributed by atoms with Crippen molar-refractivity contribution in [2.75, 3.05) is 11.9 Å². The zero-order valence-electron chi connectivity index (χ0n) is 15.4. The van der Waals surface area contributed by atoms with Gasteiger partial charge in [-0.1, -0.05) is 0 Å². The van der Waals surface area contributed by atoms with Crippen molar-refractivity contribution in [2.45, 2.75) is 31.0 Å². The molecule has 158 valence electrons. The summed E-state index contributed by atoms with van der Waals surface area (Å²) in [4.78, 5) is 12.1. The lowest BCUT2D eigenvalue weighted by molar-refractivity contribution is -0.140. The fraction of sp³-hybridized carbons (Fsp3) is 0.278. The molecule has 0 saturated carbocycles. The molecular weight excluding hydrogens is 416 g/mol. The number of ether oxygens (including phenoxy) is 1. The van der Waals surface area contributed by atoms with Gasteiger partial charge < -0.3 is 10.1 Å². The summed E-state index contributed by atoms with van der Waals surface area (Å²) in [7, 11) is -4.07. The maximum Gasteiger partial charge on any atom is 0.419 e. The Morgan fingerprint density at radius 1 is 1.14 bits per heavy atom. The molecule has 1 amide bonds. The highest BCUT2D eigenvalue weighted by Crippen LogP contribution is 2.33. The average Bonchev–Trinajstić information content (AvgIpc) is 2.62. The molecule has 0 aliphatic heterocycles. The smallest absolute Gasteiger partial charge is 0.419 e. The highest BCUT2D eigenvalue weighted by Gasteiger charge is 2.34. The minimum atomic E-state index is -4.94. The van der Waals surface area contributed by atoms with Crippen LogP contribution >= 0.6 is 0 Å². The number of carbonyl (C=O) groups is 1. The molecule has 2 aromatic carbocycles. The predicted octanol–water partition coefficient (Wildman–Crippen LogP) is 3.55. The highest BCUT2D eigenvalue weighted by atomic mass is 32.2. The molecule has 2 aromatic rings. The quantitative estimate of drug-likeness (QED) is 0.653. The number of anilines is 1. The van der Waals surface area contributed by atoms with Gasteiger partial charge in [-0.05, 0) is 56.3 Å². The Labute approximate surface area is 164 Å². The molecule has 29 heavy (non-hydrogen) atoms. The molecule has 1 atom stereocenters. The van der Waals surface area contributed by atoms with Crippen LogP contribution in [0.1, 0.15) is 19.4 Å². The summed E-state index contributed by atoms with van der Waals surface area (Å²) < 4.78 is 83.7. The van der Waals surface area contributed by atoms with Crippen LogP contribution in [0.15, 0.2) is 47.4 Å². The Morgan fingerprint density at radius 2 is 1.76 bits per heavy atom. The van der Waals surface area contributed by atoms with Gasteiger partial charge in [0.25, 0.3) is 0 Å². The van der Waals surface area contributed by atoms with Gasteiger partial charge in [0.15, 0.2) is 0 Å². The van der Waals surface area contributed by atoms with E-state index in [1.165, 1.54) is 31.2 Å². The van der Waals surface area contributed by atoms with Gasteiger partial charge in [-0.3, -0.25) is 4.79 Å². The Hall–Kier alpha value is -2.66. The van der Waals surface area contributed by atoms with Crippen molar-refractivity contribution < 1.29 is 35.5 Å². The third kappa shape index (κ3) is 5.91. The third-order valence-corrected chi connectivity index (χ3v) is 5.27. The Balaban J connectivity index is 2.10. The van der Waals surface area contributed by atoms with Gasteiger partial charge >= 0.3 is 6.18 Å². The first-order valence-corrected chi connectivity index (χ1v) is 9.85. The minimum absolute atomic E-state index is 0.123. The fourth-order valence-corrected chi connectivity index (χ4v) is 3.51. The zero-order valence-corrected chi connectivity index (χ0v) is 16.2. The second-order valence-corrected chi connectivity index (χ2v) is 7.64. The second-order valence-electron chi connectivity index (χ2n) is 5.93. The molecule has 0 bridgehead atoms. The van der Waals surface area contributed by atoms with Gasteiger partial charge in [0.1, 0.15) is 11.6 Å². The van der Waals surface area contributed by atoms with Crippen LogP contribution in [0, 0.1) is 5.82 Å². The molecule has 0 aliphatic carbocycles. The Bertz CT molecular complexity index is 976. The van der Waals surface area contributed by atoms with E-state index in [0.717, 1.165) is 6.07 Å². The number of amides is 1. The first kappa shape index (κ1) is 22.6. The maximum atomic E-state index is 13.3. The molecule has 0 saturated heterocycles. The number of nitrogens with one attached hydrogen (secondary N) is 2. The summed E-state index contributed by atoms with van der Waals surface area (Å²) in [5.74, 6) is -1.94. The van der Waals surface area contributed by atoms with Crippen LogP contribution in [0.4, 0.5) is 23.2 Å². The van der Waals surface area contributed by atoms with E-state index >= 15 is 0 Å². The van der Waals surface area contributed by atoms with Crippen molar-refractivity contribution in [3.63, 3.8) is 0 Å². The van der Waals surface area contributed by atoms with Gasteiger partial charge in [-0.15, -0.1) is 0 Å². The van der Waals surface area contributed by atoms with E-state index < -0.39 is 39.5 Å². The minimum Gasteiger partial charge on any atom is -0.494 e. The molecule has 0 aromatic heterocycles. The van der Waals surface area contributed by atoms with E-state index in [2.05, 4.69) is 10.0 Å². The van der Waals surface area contributed by atoms with E-state index in [1.807, 2.05) is 0 Å². The summed E-state index contributed by atoms with van der Waals surface area (Å²) in [6.07, 6.45) is -4.94. The van der Waals surface area contributed by atoms with Crippen molar-refractivity contribution in [3.05, 3.63) is 53.8 Å². The maximum absolute atomic E-state index is 13.3. The summed E-state index contributed by atoms with van der Waals surface area (Å²) >= 11 is 0.